The predicted molar refractivity (Wildman–Crippen MR) is 79.6 cm³/mol. The molecule has 1 aromatic carbocycles. The van der Waals surface area contributed by atoms with Crippen molar-refractivity contribution in [2.75, 3.05) is 0 Å². The van der Waals surface area contributed by atoms with Crippen molar-refractivity contribution in [2.24, 2.45) is 0 Å². The molecular formula is C15H23BO4. The molecule has 4 nitrogen and oxygen atoms in total. The van der Waals surface area contributed by atoms with Gasteiger partial charge in [0, 0.05) is 0 Å². The summed E-state index contributed by atoms with van der Waals surface area (Å²) in [4.78, 5) is 0. The van der Waals surface area contributed by atoms with Gasteiger partial charge in [-0.25, -0.2) is 0 Å². The topological polar surface area (TPSA) is 47.9 Å². The minimum Gasteiger partial charge on any atom is -0.504 e. The van der Waals surface area contributed by atoms with E-state index in [1.165, 1.54) is 0 Å². The van der Waals surface area contributed by atoms with Gasteiger partial charge in [0.2, 0.25) is 0 Å². The Balaban J connectivity index is 2.22. The van der Waals surface area contributed by atoms with E-state index < -0.39 is 7.12 Å². The Labute approximate surface area is 121 Å². The Morgan fingerprint density at radius 3 is 2.10 bits per heavy atom. The average molecular weight is 278 g/mol. The lowest BCUT2D eigenvalue weighted by Crippen LogP contribution is -2.41. The Bertz CT molecular complexity index is 481. The van der Waals surface area contributed by atoms with Gasteiger partial charge in [0.05, 0.1) is 17.3 Å². The molecule has 1 saturated heterocycles. The first-order valence-corrected chi connectivity index (χ1v) is 6.97. The Morgan fingerprint density at radius 2 is 1.65 bits per heavy atom. The normalized spacial score (nSPS) is 20.4. The lowest BCUT2D eigenvalue weighted by atomic mass is 9.79. The second-order valence-electron chi connectivity index (χ2n) is 6.48. The van der Waals surface area contributed by atoms with Gasteiger partial charge in [0.1, 0.15) is 0 Å². The van der Waals surface area contributed by atoms with Gasteiger partial charge in [-0.3, -0.25) is 0 Å². The van der Waals surface area contributed by atoms with Gasteiger partial charge in [-0.2, -0.15) is 0 Å². The third-order valence-corrected chi connectivity index (χ3v) is 3.87. The van der Waals surface area contributed by atoms with Crippen molar-refractivity contribution in [1.29, 1.82) is 0 Å². The number of rotatable bonds is 3. The zero-order valence-electron chi connectivity index (χ0n) is 13.1. The van der Waals surface area contributed by atoms with E-state index in [9.17, 15) is 5.11 Å². The van der Waals surface area contributed by atoms with Crippen LogP contribution in [0.1, 0.15) is 41.5 Å². The highest BCUT2D eigenvalue weighted by Gasteiger charge is 2.51. The SMILES string of the molecule is CC(C)Oc1ccc(B2OC(C)(C)C(C)(C)O2)cc1O. The van der Waals surface area contributed by atoms with E-state index in [0.29, 0.717) is 5.75 Å². The van der Waals surface area contributed by atoms with Crippen molar-refractivity contribution >= 4 is 12.6 Å². The van der Waals surface area contributed by atoms with E-state index in [0.717, 1.165) is 5.46 Å². The molecule has 1 aromatic rings. The van der Waals surface area contributed by atoms with Crippen molar-refractivity contribution in [2.45, 2.75) is 58.8 Å². The molecule has 0 saturated carbocycles. The van der Waals surface area contributed by atoms with Gasteiger partial charge < -0.3 is 19.2 Å². The zero-order valence-corrected chi connectivity index (χ0v) is 13.1. The lowest BCUT2D eigenvalue weighted by Gasteiger charge is -2.32. The van der Waals surface area contributed by atoms with Crippen LogP contribution in [-0.4, -0.2) is 29.5 Å². The highest BCUT2D eigenvalue weighted by molar-refractivity contribution is 6.62. The fourth-order valence-corrected chi connectivity index (χ4v) is 2.01. The van der Waals surface area contributed by atoms with E-state index in [4.69, 9.17) is 14.0 Å². The van der Waals surface area contributed by atoms with E-state index in [-0.39, 0.29) is 23.1 Å². The molecule has 0 spiro atoms. The monoisotopic (exact) mass is 278 g/mol. The molecule has 1 N–H and O–H groups in total. The minimum absolute atomic E-state index is 0.0172. The second kappa shape index (κ2) is 4.97. The van der Waals surface area contributed by atoms with Crippen molar-refractivity contribution < 1.29 is 19.2 Å². The van der Waals surface area contributed by atoms with Crippen LogP contribution in [0.3, 0.4) is 0 Å². The second-order valence-corrected chi connectivity index (χ2v) is 6.48. The number of benzene rings is 1. The maximum atomic E-state index is 10.0. The smallest absolute Gasteiger partial charge is 0.494 e. The molecule has 0 radical (unpaired) electrons. The van der Waals surface area contributed by atoms with E-state index in [1.807, 2.05) is 47.6 Å². The van der Waals surface area contributed by atoms with Gasteiger partial charge in [-0.1, -0.05) is 6.07 Å². The van der Waals surface area contributed by atoms with Crippen LogP contribution in [0.4, 0.5) is 0 Å². The predicted octanol–water partition coefficient (Wildman–Crippen LogP) is 2.48. The molecule has 1 fully saturated rings. The average Bonchev–Trinajstić information content (AvgIpc) is 2.50. The number of hydrogen-bond acceptors (Lipinski definition) is 4. The molecule has 0 amide bonds. The molecule has 5 heteroatoms. The van der Waals surface area contributed by atoms with Crippen molar-refractivity contribution in [1.82, 2.24) is 0 Å². The summed E-state index contributed by atoms with van der Waals surface area (Å²) >= 11 is 0. The quantitative estimate of drug-likeness (QED) is 0.863. The van der Waals surface area contributed by atoms with Crippen LogP contribution in [-0.2, 0) is 9.31 Å². The molecule has 110 valence electrons. The fraction of sp³-hybridized carbons (Fsp3) is 0.600. The highest BCUT2D eigenvalue weighted by Crippen LogP contribution is 2.37. The minimum atomic E-state index is -0.473. The molecule has 1 aliphatic rings. The van der Waals surface area contributed by atoms with Gasteiger partial charge in [-0.15, -0.1) is 0 Å². The van der Waals surface area contributed by atoms with E-state index in [2.05, 4.69) is 0 Å². The van der Waals surface area contributed by atoms with Crippen LogP contribution in [0.5, 0.6) is 11.5 Å². The number of aromatic hydroxyl groups is 1. The third-order valence-electron chi connectivity index (χ3n) is 3.87. The van der Waals surface area contributed by atoms with Crippen LogP contribution in [0.25, 0.3) is 0 Å². The summed E-state index contributed by atoms with van der Waals surface area (Å²) in [5, 5.41) is 10.0. The number of phenolic OH excluding ortho intramolecular Hbond substituents is 1. The number of ether oxygens (including phenoxy) is 1. The molecule has 0 aliphatic carbocycles. The fourth-order valence-electron chi connectivity index (χ4n) is 2.01. The number of hydrogen-bond donors (Lipinski definition) is 1. The third kappa shape index (κ3) is 2.79. The summed E-state index contributed by atoms with van der Waals surface area (Å²) in [7, 11) is -0.473. The molecule has 0 bridgehead atoms. The zero-order chi connectivity index (χ0) is 15.1. The van der Waals surface area contributed by atoms with Gasteiger partial charge >= 0.3 is 7.12 Å². The summed E-state index contributed by atoms with van der Waals surface area (Å²) in [6.07, 6.45) is 0.0172. The Morgan fingerprint density at radius 1 is 1.10 bits per heavy atom. The molecule has 0 atom stereocenters. The molecule has 0 unspecified atom stereocenters. The van der Waals surface area contributed by atoms with Crippen molar-refractivity contribution in [3.63, 3.8) is 0 Å². The maximum absolute atomic E-state index is 10.0. The summed E-state index contributed by atoms with van der Waals surface area (Å²) in [5.74, 6) is 0.575. The molecular weight excluding hydrogens is 255 g/mol. The van der Waals surface area contributed by atoms with Crippen molar-refractivity contribution in [3.05, 3.63) is 18.2 Å². The Hall–Kier alpha value is -1.20. The largest absolute Gasteiger partial charge is 0.504 e. The van der Waals surface area contributed by atoms with Crippen molar-refractivity contribution in [3.8, 4) is 11.5 Å². The van der Waals surface area contributed by atoms with Crippen LogP contribution < -0.4 is 10.2 Å². The van der Waals surface area contributed by atoms with E-state index in [1.54, 1.807) is 12.1 Å². The first kappa shape index (κ1) is 15.2. The first-order chi connectivity index (χ1) is 9.12. The molecule has 1 aliphatic heterocycles. The number of phenols is 1. The summed E-state index contributed by atoms with van der Waals surface area (Å²) in [6.45, 7) is 11.8. The summed E-state index contributed by atoms with van der Waals surface area (Å²) in [5.41, 5.74) is 0.0121. The van der Waals surface area contributed by atoms with Gasteiger partial charge in [0.15, 0.2) is 11.5 Å². The Kier molecular flexibility index (Phi) is 3.78. The molecule has 20 heavy (non-hydrogen) atoms. The molecule has 1 heterocycles. The standard InChI is InChI=1S/C15H23BO4/c1-10(2)18-13-8-7-11(9-12(13)17)16-19-14(3,4)15(5,6)20-16/h7-10,17H,1-6H3. The lowest BCUT2D eigenvalue weighted by molar-refractivity contribution is 0.00578. The molecule has 0 aromatic heterocycles. The van der Waals surface area contributed by atoms with Crippen LogP contribution in [0, 0.1) is 0 Å². The maximum Gasteiger partial charge on any atom is 0.494 e. The van der Waals surface area contributed by atoms with Gasteiger partial charge in [0.25, 0.3) is 0 Å². The molecule has 2 rings (SSSR count). The summed E-state index contributed by atoms with van der Waals surface area (Å²) < 4.78 is 17.4. The van der Waals surface area contributed by atoms with Crippen LogP contribution >= 0.6 is 0 Å². The van der Waals surface area contributed by atoms with E-state index >= 15 is 0 Å². The van der Waals surface area contributed by atoms with Gasteiger partial charge in [-0.05, 0) is 59.1 Å². The first-order valence-electron chi connectivity index (χ1n) is 6.97. The highest BCUT2D eigenvalue weighted by atomic mass is 16.7. The van der Waals surface area contributed by atoms with Crippen LogP contribution in [0.2, 0.25) is 0 Å². The summed E-state index contributed by atoms with van der Waals surface area (Å²) in [6, 6.07) is 5.25. The van der Waals surface area contributed by atoms with Crippen LogP contribution in [0.15, 0.2) is 18.2 Å².